The van der Waals surface area contributed by atoms with Crippen LogP contribution in [0.4, 0.5) is 46.5 Å². The minimum absolute atomic E-state index is 0.180. The highest BCUT2D eigenvalue weighted by Crippen LogP contribution is 2.51. The number of carboxylic acids is 1. The number of hydrogen-bond acceptors (Lipinski definition) is 5. The predicted octanol–water partition coefficient (Wildman–Crippen LogP) is 6.51. The number of hydrogen-bond donors (Lipinski definition) is 1. The molecule has 0 spiro atoms. The van der Waals surface area contributed by atoms with Crippen LogP contribution in [0.1, 0.15) is 32.3 Å². The number of sulfone groups is 1. The molecule has 3 rings (SSSR count). The van der Waals surface area contributed by atoms with E-state index in [2.05, 4.69) is 0 Å². The average molecular weight is 590 g/mol. The quantitative estimate of drug-likeness (QED) is 0.354. The number of benzene rings is 2. The standard InChI is InChI=1S/C24H23F8NO5S/c1-13(21(34)35)12-38-19-10-20-18(9-17(19)23(28,29)30)33(16-5-3-15(25)4-6-16)11-14(7-8-22(2,26)27)24(31,32)39(20,36)37/h3-6,9-10,13-14H,7-8,11-12H2,1-2H3,(H,34,35)/t13-,14+/m1/s1. The molecule has 0 fully saturated rings. The van der Waals surface area contributed by atoms with Gasteiger partial charge < -0.3 is 14.7 Å². The molecule has 15 heteroatoms. The van der Waals surface area contributed by atoms with Crippen LogP contribution in [-0.4, -0.2) is 43.8 Å². The minimum atomic E-state index is -5.82. The van der Waals surface area contributed by atoms with E-state index in [0.29, 0.717) is 6.92 Å². The normalized spacial score (nSPS) is 19.6. The van der Waals surface area contributed by atoms with Gasteiger partial charge >= 0.3 is 17.4 Å². The van der Waals surface area contributed by atoms with E-state index >= 15 is 8.78 Å². The number of aliphatic carboxylic acids is 1. The number of nitrogens with zero attached hydrogens (tertiary/aromatic N) is 1. The second-order valence-corrected chi connectivity index (χ2v) is 11.3. The van der Waals surface area contributed by atoms with Crippen molar-refractivity contribution in [3.05, 3.63) is 47.8 Å². The van der Waals surface area contributed by atoms with Crippen molar-refractivity contribution in [1.82, 2.24) is 0 Å². The molecule has 0 aliphatic carbocycles. The Balaban J connectivity index is 2.30. The summed E-state index contributed by atoms with van der Waals surface area (Å²) in [6, 6.07) is 4.21. The molecule has 1 heterocycles. The Morgan fingerprint density at radius 1 is 1.15 bits per heavy atom. The number of halogens is 8. The Morgan fingerprint density at radius 3 is 2.26 bits per heavy atom. The van der Waals surface area contributed by atoms with Gasteiger partial charge in [0.2, 0.25) is 15.8 Å². The lowest BCUT2D eigenvalue weighted by atomic mass is 9.99. The van der Waals surface area contributed by atoms with Gasteiger partial charge in [0, 0.05) is 24.7 Å². The highest BCUT2D eigenvalue weighted by atomic mass is 32.2. The molecule has 216 valence electrons. The van der Waals surface area contributed by atoms with Crippen molar-refractivity contribution in [2.24, 2.45) is 11.8 Å². The molecular weight excluding hydrogens is 566 g/mol. The van der Waals surface area contributed by atoms with Crippen LogP contribution in [0.25, 0.3) is 0 Å². The Hall–Kier alpha value is -3.10. The SMILES string of the molecule is C[C@H](COc1cc2c(cc1C(F)(F)F)N(c1ccc(F)cc1)C[C@H](CCC(C)(F)F)C(F)(F)S2(=O)=O)C(=O)O. The Bertz CT molecular complexity index is 1320. The summed E-state index contributed by atoms with van der Waals surface area (Å²) in [7, 11) is -5.82. The van der Waals surface area contributed by atoms with Crippen LogP contribution in [0.3, 0.4) is 0 Å². The van der Waals surface area contributed by atoms with E-state index < -0.39 is 98.7 Å². The molecule has 2 aromatic rings. The Morgan fingerprint density at radius 2 is 1.74 bits per heavy atom. The molecule has 0 saturated carbocycles. The van der Waals surface area contributed by atoms with Crippen LogP contribution in [0.15, 0.2) is 41.3 Å². The summed E-state index contributed by atoms with van der Waals surface area (Å²) >= 11 is 0. The molecule has 0 aromatic heterocycles. The maximum atomic E-state index is 15.5. The number of rotatable bonds is 8. The van der Waals surface area contributed by atoms with Gasteiger partial charge in [-0.05, 0) is 50.6 Å². The summed E-state index contributed by atoms with van der Waals surface area (Å²) in [5.74, 6) is -10.6. The molecule has 6 nitrogen and oxygen atoms in total. The van der Waals surface area contributed by atoms with E-state index in [0.717, 1.165) is 36.1 Å². The smallest absolute Gasteiger partial charge is 0.420 e. The van der Waals surface area contributed by atoms with Crippen molar-refractivity contribution >= 4 is 27.2 Å². The lowest BCUT2D eigenvalue weighted by Crippen LogP contribution is -2.40. The zero-order chi connectivity index (χ0) is 29.6. The molecule has 1 aliphatic rings. The number of carboxylic acid groups (broad SMARTS) is 1. The van der Waals surface area contributed by atoms with Gasteiger partial charge in [-0.3, -0.25) is 4.79 Å². The monoisotopic (exact) mass is 589 g/mol. The fourth-order valence-electron chi connectivity index (χ4n) is 3.95. The zero-order valence-electron chi connectivity index (χ0n) is 20.4. The largest absolute Gasteiger partial charge is 0.492 e. The first-order chi connectivity index (χ1) is 17.8. The van der Waals surface area contributed by atoms with E-state index in [9.17, 15) is 39.6 Å². The van der Waals surface area contributed by atoms with Crippen molar-refractivity contribution in [2.45, 2.75) is 48.9 Å². The summed E-state index contributed by atoms with van der Waals surface area (Å²) in [5.41, 5.74) is -2.64. The molecule has 2 aromatic carbocycles. The van der Waals surface area contributed by atoms with Crippen LogP contribution in [0, 0.1) is 17.7 Å². The molecule has 1 aliphatic heterocycles. The first-order valence-electron chi connectivity index (χ1n) is 11.4. The van der Waals surface area contributed by atoms with E-state index in [1.807, 2.05) is 0 Å². The lowest BCUT2D eigenvalue weighted by molar-refractivity contribution is -0.142. The van der Waals surface area contributed by atoms with Crippen LogP contribution in [0.5, 0.6) is 5.75 Å². The summed E-state index contributed by atoms with van der Waals surface area (Å²) in [4.78, 5) is 10.5. The van der Waals surface area contributed by atoms with Gasteiger partial charge in [0.25, 0.3) is 0 Å². The van der Waals surface area contributed by atoms with Gasteiger partial charge in [0.1, 0.15) is 23.1 Å². The molecule has 39 heavy (non-hydrogen) atoms. The fraction of sp³-hybridized carbons (Fsp3) is 0.458. The van der Waals surface area contributed by atoms with Crippen LogP contribution < -0.4 is 9.64 Å². The molecule has 2 atom stereocenters. The van der Waals surface area contributed by atoms with Gasteiger partial charge in [-0.15, -0.1) is 0 Å². The van der Waals surface area contributed by atoms with Crippen molar-refractivity contribution in [3.8, 4) is 5.75 Å². The molecule has 0 bridgehead atoms. The number of ether oxygens (including phenoxy) is 1. The minimum Gasteiger partial charge on any atom is -0.492 e. The van der Waals surface area contributed by atoms with Gasteiger partial charge in [0.05, 0.1) is 23.1 Å². The first kappa shape index (κ1) is 30.4. The summed E-state index contributed by atoms with van der Waals surface area (Å²) in [6.45, 7) is -0.327. The number of fused-ring (bicyclic) bond motifs is 1. The zero-order valence-corrected chi connectivity index (χ0v) is 21.2. The van der Waals surface area contributed by atoms with E-state index in [-0.39, 0.29) is 17.8 Å². The topological polar surface area (TPSA) is 83.9 Å². The van der Waals surface area contributed by atoms with Gasteiger partial charge in [-0.25, -0.2) is 21.6 Å². The van der Waals surface area contributed by atoms with Crippen molar-refractivity contribution in [2.75, 3.05) is 18.1 Å². The average Bonchev–Trinajstić information content (AvgIpc) is 2.86. The third-order valence-electron chi connectivity index (χ3n) is 6.16. The Labute approximate surface area is 218 Å². The first-order valence-corrected chi connectivity index (χ1v) is 12.9. The third-order valence-corrected chi connectivity index (χ3v) is 8.12. The molecule has 0 radical (unpaired) electrons. The maximum Gasteiger partial charge on any atom is 0.420 e. The number of anilines is 2. The van der Waals surface area contributed by atoms with E-state index in [1.54, 1.807) is 0 Å². The van der Waals surface area contributed by atoms with E-state index in [4.69, 9.17) is 9.84 Å². The highest BCUT2D eigenvalue weighted by molar-refractivity contribution is 7.92. The second-order valence-electron chi connectivity index (χ2n) is 9.32. The number of carbonyl (C=O) groups is 1. The fourth-order valence-corrected chi connectivity index (χ4v) is 5.58. The summed E-state index contributed by atoms with van der Waals surface area (Å²) < 4.78 is 145. The summed E-state index contributed by atoms with van der Waals surface area (Å²) in [6.07, 6.45) is -7.38. The van der Waals surface area contributed by atoms with E-state index in [1.165, 1.54) is 0 Å². The maximum absolute atomic E-state index is 15.5. The lowest BCUT2D eigenvalue weighted by Gasteiger charge is -2.30. The van der Waals surface area contributed by atoms with Gasteiger partial charge in [0.15, 0.2) is 0 Å². The van der Waals surface area contributed by atoms with Crippen molar-refractivity contribution in [1.29, 1.82) is 0 Å². The predicted molar refractivity (Wildman–Crippen MR) is 123 cm³/mol. The second kappa shape index (κ2) is 10.5. The summed E-state index contributed by atoms with van der Waals surface area (Å²) in [5, 5.41) is 4.29. The van der Waals surface area contributed by atoms with Crippen molar-refractivity contribution < 1.29 is 58.2 Å². The van der Waals surface area contributed by atoms with Crippen LogP contribution in [0.2, 0.25) is 0 Å². The van der Waals surface area contributed by atoms with Gasteiger partial charge in [-0.1, -0.05) is 0 Å². The molecule has 0 unspecified atom stereocenters. The molecule has 0 amide bonds. The number of alkyl halides is 7. The third kappa shape index (κ3) is 6.39. The van der Waals surface area contributed by atoms with Crippen LogP contribution >= 0.6 is 0 Å². The van der Waals surface area contributed by atoms with Crippen LogP contribution in [-0.2, 0) is 20.8 Å². The highest BCUT2D eigenvalue weighted by Gasteiger charge is 2.57. The Kier molecular flexibility index (Phi) is 8.17. The molecule has 0 saturated heterocycles. The van der Waals surface area contributed by atoms with Crippen molar-refractivity contribution in [3.63, 3.8) is 0 Å². The molecular formula is C24H23F8NO5S. The van der Waals surface area contributed by atoms with Gasteiger partial charge in [-0.2, -0.15) is 22.0 Å². The molecule has 1 N–H and O–H groups in total.